The van der Waals surface area contributed by atoms with Crippen LogP contribution in [-0.4, -0.2) is 66.3 Å². The van der Waals surface area contributed by atoms with E-state index >= 15 is 0 Å². The van der Waals surface area contributed by atoms with E-state index in [2.05, 4.69) is 0 Å². The fourth-order valence-corrected chi connectivity index (χ4v) is 2.50. The molecule has 0 radical (unpaired) electrons. The predicted molar refractivity (Wildman–Crippen MR) is 75.7 cm³/mol. The van der Waals surface area contributed by atoms with Gasteiger partial charge in [-0.2, -0.15) is 0 Å². The van der Waals surface area contributed by atoms with Gasteiger partial charge >= 0.3 is 12.0 Å². The van der Waals surface area contributed by atoms with Crippen LogP contribution in [0.2, 0.25) is 0 Å². The molecule has 2 amide bonds. The molecular formula is C14H26N2O4. The van der Waals surface area contributed by atoms with Crippen molar-refractivity contribution in [2.24, 2.45) is 0 Å². The summed E-state index contributed by atoms with van der Waals surface area (Å²) < 4.78 is 5.26. The number of nitrogens with zero attached hydrogens (tertiary/aromatic N) is 2. The minimum absolute atomic E-state index is 0.0141. The lowest BCUT2D eigenvalue weighted by Crippen LogP contribution is -2.50. The summed E-state index contributed by atoms with van der Waals surface area (Å²) in [5, 5.41) is 8.79. The Morgan fingerprint density at radius 3 is 2.80 bits per heavy atom. The summed E-state index contributed by atoms with van der Waals surface area (Å²) in [6.07, 6.45) is 3.63. The van der Waals surface area contributed by atoms with Gasteiger partial charge in [-0.15, -0.1) is 0 Å². The van der Waals surface area contributed by atoms with Gasteiger partial charge in [-0.05, 0) is 32.6 Å². The zero-order valence-electron chi connectivity index (χ0n) is 12.5. The number of carbonyl (C=O) groups excluding carboxylic acids is 1. The van der Waals surface area contributed by atoms with Crippen LogP contribution in [0.5, 0.6) is 0 Å². The summed E-state index contributed by atoms with van der Waals surface area (Å²) >= 11 is 0. The van der Waals surface area contributed by atoms with Crippen LogP contribution in [0.1, 0.15) is 39.0 Å². The Kier molecular flexibility index (Phi) is 7.36. The SMILES string of the molecule is CCOCCN(C)C(=O)N1CCCCC1CCC(=O)O. The van der Waals surface area contributed by atoms with Crippen molar-refractivity contribution in [3.63, 3.8) is 0 Å². The second-order valence-electron chi connectivity index (χ2n) is 5.18. The Hall–Kier alpha value is -1.30. The second-order valence-corrected chi connectivity index (χ2v) is 5.18. The molecule has 1 unspecified atom stereocenters. The zero-order chi connectivity index (χ0) is 15.0. The first-order chi connectivity index (χ1) is 9.56. The third-order valence-corrected chi connectivity index (χ3v) is 3.67. The Balaban J connectivity index is 2.50. The molecule has 1 aliphatic heterocycles. The first-order valence-corrected chi connectivity index (χ1v) is 7.37. The monoisotopic (exact) mass is 286 g/mol. The molecule has 1 N–H and O–H groups in total. The van der Waals surface area contributed by atoms with Gasteiger partial charge in [-0.1, -0.05) is 0 Å². The van der Waals surface area contributed by atoms with Gasteiger partial charge in [0.25, 0.3) is 0 Å². The highest BCUT2D eigenvalue weighted by atomic mass is 16.5. The van der Waals surface area contributed by atoms with Crippen molar-refractivity contribution < 1.29 is 19.4 Å². The lowest BCUT2D eigenvalue weighted by atomic mass is 9.98. The number of piperidine rings is 1. The molecule has 0 aliphatic carbocycles. The maximum Gasteiger partial charge on any atom is 0.320 e. The van der Waals surface area contributed by atoms with Crippen molar-refractivity contribution in [1.29, 1.82) is 0 Å². The molecule has 0 saturated carbocycles. The molecule has 0 aromatic rings. The van der Waals surface area contributed by atoms with Crippen LogP contribution < -0.4 is 0 Å². The largest absolute Gasteiger partial charge is 0.481 e. The number of hydrogen-bond donors (Lipinski definition) is 1. The van der Waals surface area contributed by atoms with E-state index in [0.717, 1.165) is 25.8 Å². The summed E-state index contributed by atoms with van der Waals surface area (Å²) in [6, 6.07) is 0.0432. The van der Waals surface area contributed by atoms with E-state index in [1.807, 2.05) is 11.8 Å². The minimum atomic E-state index is -0.798. The summed E-state index contributed by atoms with van der Waals surface area (Å²) in [6.45, 7) is 4.39. The Morgan fingerprint density at radius 1 is 1.40 bits per heavy atom. The van der Waals surface area contributed by atoms with Crippen molar-refractivity contribution in [1.82, 2.24) is 9.80 Å². The first-order valence-electron chi connectivity index (χ1n) is 7.37. The van der Waals surface area contributed by atoms with Gasteiger partial charge in [0.05, 0.1) is 6.61 Å². The third kappa shape index (κ3) is 5.36. The maximum atomic E-state index is 12.4. The van der Waals surface area contributed by atoms with Crippen molar-refractivity contribution in [2.75, 3.05) is 33.4 Å². The van der Waals surface area contributed by atoms with Crippen LogP contribution >= 0.6 is 0 Å². The fourth-order valence-electron chi connectivity index (χ4n) is 2.50. The highest BCUT2D eigenvalue weighted by Gasteiger charge is 2.28. The van der Waals surface area contributed by atoms with Gasteiger partial charge in [0.2, 0.25) is 0 Å². The van der Waals surface area contributed by atoms with Gasteiger partial charge in [-0.25, -0.2) is 4.79 Å². The number of rotatable bonds is 7. The van der Waals surface area contributed by atoms with Gasteiger partial charge in [0.1, 0.15) is 0 Å². The topological polar surface area (TPSA) is 70.1 Å². The molecule has 0 spiro atoms. The average molecular weight is 286 g/mol. The number of carboxylic acids is 1. The number of hydrogen-bond acceptors (Lipinski definition) is 3. The molecule has 1 fully saturated rings. The quantitative estimate of drug-likeness (QED) is 0.724. The average Bonchev–Trinajstić information content (AvgIpc) is 2.44. The van der Waals surface area contributed by atoms with E-state index in [9.17, 15) is 9.59 Å². The van der Waals surface area contributed by atoms with Crippen LogP contribution in [0.25, 0.3) is 0 Å². The number of ether oxygens (including phenoxy) is 1. The molecule has 1 atom stereocenters. The molecule has 0 bridgehead atoms. The number of urea groups is 1. The van der Waals surface area contributed by atoms with E-state index < -0.39 is 5.97 Å². The van der Waals surface area contributed by atoms with E-state index in [1.165, 1.54) is 0 Å². The van der Waals surface area contributed by atoms with Crippen LogP contribution in [0, 0.1) is 0 Å². The number of likely N-dealkylation sites (tertiary alicyclic amines) is 1. The molecule has 6 heteroatoms. The van der Waals surface area contributed by atoms with Crippen LogP contribution in [0.3, 0.4) is 0 Å². The fraction of sp³-hybridized carbons (Fsp3) is 0.857. The minimum Gasteiger partial charge on any atom is -0.481 e. The Labute approximate surface area is 120 Å². The van der Waals surface area contributed by atoms with Crippen LogP contribution in [0.15, 0.2) is 0 Å². The second kappa shape index (κ2) is 8.79. The molecule has 6 nitrogen and oxygen atoms in total. The van der Waals surface area contributed by atoms with E-state index in [4.69, 9.17) is 9.84 Å². The first kappa shape index (κ1) is 16.8. The lowest BCUT2D eigenvalue weighted by Gasteiger charge is -2.38. The van der Waals surface area contributed by atoms with E-state index in [-0.39, 0.29) is 18.5 Å². The summed E-state index contributed by atoms with van der Waals surface area (Å²) in [5.74, 6) is -0.798. The van der Waals surface area contributed by atoms with Gasteiger partial charge in [0.15, 0.2) is 0 Å². The Morgan fingerprint density at radius 2 is 2.15 bits per heavy atom. The number of likely N-dealkylation sites (N-methyl/N-ethyl adjacent to an activating group) is 1. The van der Waals surface area contributed by atoms with Crippen molar-refractivity contribution >= 4 is 12.0 Å². The van der Waals surface area contributed by atoms with Crippen molar-refractivity contribution in [3.05, 3.63) is 0 Å². The van der Waals surface area contributed by atoms with Crippen molar-refractivity contribution in [3.8, 4) is 0 Å². The molecular weight excluding hydrogens is 260 g/mol. The van der Waals surface area contributed by atoms with E-state index in [0.29, 0.717) is 26.2 Å². The molecule has 1 rings (SSSR count). The van der Waals surface area contributed by atoms with Gasteiger partial charge in [0, 0.05) is 39.2 Å². The highest BCUT2D eigenvalue weighted by molar-refractivity contribution is 5.74. The number of carbonyl (C=O) groups is 2. The summed E-state index contributed by atoms with van der Waals surface area (Å²) in [5.41, 5.74) is 0. The maximum absolute atomic E-state index is 12.4. The summed E-state index contributed by atoms with van der Waals surface area (Å²) in [7, 11) is 1.77. The summed E-state index contributed by atoms with van der Waals surface area (Å²) in [4.78, 5) is 26.6. The van der Waals surface area contributed by atoms with Gasteiger partial charge < -0.3 is 19.6 Å². The standard InChI is InChI=1S/C14H26N2O4/c1-3-20-11-10-15(2)14(19)16-9-5-4-6-12(16)7-8-13(17)18/h12H,3-11H2,1-2H3,(H,17,18). The zero-order valence-corrected chi connectivity index (χ0v) is 12.5. The third-order valence-electron chi connectivity index (χ3n) is 3.67. The molecule has 1 saturated heterocycles. The molecule has 1 heterocycles. The van der Waals surface area contributed by atoms with Crippen molar-refractivity contribution in [2.45, 2.75) is 45.1 Å². The molecule has 1 aliphatic rings. The number of carboxylic acid groups (broad SMARTS) is 1. The molecule has 0 aromatic carbocycles. The normalized spacial score (nSPS) is 18.9. The predicted octanol–water partition coefficient (Wildman–Crippen LogP) is 1.79. The van der Waals surface area contributed by atoms with Crippen LogP contribution in [0.4, 0.5) is 4.79 Å². The smallest absolute Gasteiger partial charge is 0.320 e. The molecule has 0 aromatic heterocycles. The number of aliphatic carboxylic acids is 1. The molecule has 20 heavy (non-hydrogen) atoms. The number of amides is 2. The Bertz CT molecular complexity index is 322. The van der Waals surface area contributed by atoms with Gasteiger partial charge in [-0.3, -0.25) is 4.79 Å². The van der Waals surface area contributed by atoms with E-state index in [1.54, 1.807) is 11.9 Å². The highest BCUT2D eigenvalue weighted by Crippen LogP contribution is 2.22. The van der Waals surface area contributed by atoms with Crippen LogP contribution in [-0.2, 0) is 9.53 Å². The lowest BCUT2D eigenvalue weighted by molar-refractivity contribution is -0.137. The molecule has 116 valence electrons.